The predicted molar refractivity (Wildman–Crippen MR) is 119 cm³/mol. The first kappa shape index (κ1) is 19.7. The molecule has 0 radical (unpaired) electrons. The molecule has 1 aromatic carbocycles. The maximum Gasteiger partial charge on any atom is 0.165 e. The van der Waals surface area contributed by atoms with Crippen LogP contribution in [0.3, 0.4) is 0 Å². The number of nitrogens with zero attached hydrogens (tertiary/aromatic N) is 6. The number of rotatable bonds is 4. The summed E-state index contributed by atoms with van der Waals surface area (Å²) < 4.78 is 7.81. The van der Waals surface area contributed by atoms with Crippen LogP contribution in [0.25, 0.3) is 22.6 Å². The van der Waals surface area contributed by atoms with E-state index in [1.165, 1.54) is 0 Å². The summed E-state index contributed by atoms with van der Waals surface area (Å²) in [5.74, 6) is 2.34. The van der Waals surface area contributed by atoms with Gasteiger partial charge in [0, 0.05) is 51.5 Å². The molecule has 7 nitrogen and oxygen atoms in total. The largest absolute Gasteiger partial charge is 0.381 e. The molecule has 2 fully saturated rings. The van der Waals surface area contributed by atoms with Crippen LogP contribution in [0.4, 0.5) is 5.82 Å². The number of likely N-dealkylation sites (N-methyl/N-ethyl adjacent to an activating group) is 1. The average molecular weight is 427 g/mol. The van der Waals surface area contributed by atoms with E-state index in [1.807, 2.05) is 24.3 Å². The molecule has 3 aromatic rings. The van der Waals surface area contributed by atoms with Gasteiger partial charge in [0.2, 0.25) is 0 Å². The first-order valence-corrected chi connectivity index (χ1v) is 11.1. The molecule has 2 aromatic heterocycles. The Labute approximate surface area is 181 Å². The summed E-state index contributed by atoms with van der Waals surface area (Å²) in [5.41, 5.74) is 2.69. The van der Waals surface area contributed by atoms with Gasteiger partial charge in [0.15, 0.2) is 17.0 Å². The molecule has 0 spiro atoms. The molecule has 2 aliphatic rings. The van der Waals surface area contributed by atoms with Gasteiger partial charge in [-0.25, -0.2) is 15.0 Å². The third-order valence-corrected chi connectivity index (χ3v) is 6.54. The monoisotopic (exact) mass is 426 g/mol. The van der Waals surface area contributed by atoms with Crippen LogP contribution in [0.2, 0.25) is 5.02 Å². The Hall–Kier alpha value is -2.22. The zero-order valence-corrected chi connectivity index (χ0v) is 18.1. The first-order chi connectivity index (χ1) is 14.7. The third-order valence-electron chi connectivity index (χ3n) is 6.21. The second-order valence-corrected chi connectivity index (χ2v) is 8.65. The van der Waals surface area contributed by atoms with E-state index in [0.717, 1.165) is 87.1 Å². The van der Waals surface area contributed by atoms with Crippen LogP contribution < -0.4 is 4.90 Å². The van der Waals surface area contributed by atoms with Crippen molar-refractivity contribution in [2.75, 3.05) is 51.3 Å². The van der Waals surface area contributed by atoms with Crippen molar-refractivity contribution in [2.24, 2.45) is 5.92 Å². The Kier molecular flexibility index (Phi) is 5.58. The molecule has 8 heteroatoms. The lowest BCUT2D eigenvalue weighted by molar-refractivity contribution is 0.0617. The Morgan fingerprint density at radius 1 is 1.07 bits per heavy atom. The Balaban J connectivity index is 1.62. The van der Waals surface area contributed by atoms with Crippen molar-refractivity contribution in [3.05, 3.63) is 35.6 Å². The van der Waals surface area contributed by atoms with Gasteiger partial charge in [-0.15, -0.1) is 0 Å². The summed E-state index contributed by atoms with van der Waals surface area (Å²) in [6, 6.07) is 7.91. The summed E-state index contributed by atoms with van der Waals surface area (Å²) in [6.45, 7) is 6.42. The quantitative estimate of drug-likeness (QED) is 0.637. The van der Waals surface area contributed by atoms with E-state index >= 15 is 0 Å². The van der Waals surface area contributed by atoms with Gasteiger partial charge in [-0.3, -0.25) is 0 Å². The minimum absolute atomic E-state index is 0.541. The number of anilines is 1. The van der Waals surface area contributed by atoms with Crippen LogP contribution >= 0.6 is 11.6 Å². The second kappa shape index (κ2) is 8.49. The topological polar surface area (TPSA) is 59.3 Å². The molecule has 0 aliphatic carbocycles. The van der Waals surface area contributed by atoms with E-state index in [-0.39, 0.29) is 0 Å². The molecule has 0 N–H and O–H groups in total. The van der Waals surface area contributed by atoms with E-state index in [1.54, 1.807) is 6.33 Å². The SMILES string of the molecule is CN1CCN(c2ncnc3c2nc(-c2ccccc2Cl)n3CC2CCOCC2)CC1. The van der Waals surface area contributed by atoms with E-state index in [4.69, 9.17) is 21.3 Å². The van der Waals surface area contributed by atoms with Crippen LogP contribution in [0, 0.1) is 5.92 Å². The molecule has 0 bridgehead atoms. The van der Waals surface area contributed by atoms with Crippen LogP contribution in [-0.4, -0.2) is 70.9 Å². The molecule has 0 atom stereocenters. The third kappa shape index (κ3) is 3.77. The van der Waals surface area contributed by atoms with E-state index in [9.17, 15) is 0 Å². The van der Waals surface area contributed by atoms with Gasteiger partial charge in [0.25, 0.3) is 0 Å². The van der Waals surface area contributed by atoms with Crippen molar-refractivity contribution in [2.45, 2.75) is 19.4 Å². The van der Waals surface area contributed by atoms with Gasteiger partial charge in [-0.05, 0) is 37.9 Å². The lowest BCUT2D eigenvalue weighted by Crippen LogP contribution is -2.44. The minimum atomic E-state index is 0.541. The van der Waals surface area contributed by atoms with Crippen LogP contribution in [0.1, 0.15) is 12.8 Å². The second-order valence-electron chi connectivity index (χ2n) is 8.24. The molecule has 2 aliphatic heterocycles. The number of ether oxygens (including phenoxy) is 1. The Bertz CT molecular complexity index is 1020. The highest BCUT2D eigenvalue weighted by Crippen LogP contribution is 2.34. The summed E-state index contributed by atoms with van der Waals surface area (Å²) >= 11 is 6.58. The van der Waals surface area contributed by atoms with E-state index < -0.39 is 0 Å². The van der Waals surface area contributed by atoms with Crippen molar-refractivity contribution in [1.29, 1.82) is 0 Å². The lowest BCUT2D eigenvalue weighted by atomic mass is 10.0. The maximum absolute atomic E-state index is 6.58. The number of hydrogen-bond acceptors (Lipinski definition) is 6. The number of halogens is 1. The van der Waals surface area contributed by atoms with Gasteiger partial charge in [-0.2, -0.15) is 0 Å². The smallest absolute Gasteiger partial charge is 0.165 e. The summed E-state index contributed by atoms with van der Waals surface area (Å²) in [4.78, 5) is 19.0. The number of fused-ring (bicyclic) bond motifs is 1. The maximum atomic E-state index is 6.58. The van der Waals surface area contributed by atoms with Gasteiger partial charge < -0.3 is 19.1 Å². The Morgan fingerprint density at radius 3 is 2.60 bits per heavy atom. The number of benzene rings is 1. The fourth-order valence-corrected chi connectivity index (χ4v) is 4.60. The summed E-state index contributed by atoms with van der Waals surface area (Å²) in [6.07, 6.45) is 3.78. The molecule has 5 rings (SSSR count). The molecule has 0 unspecified atom stereocenters. The van der Waals surface area contributed by atoms with Crippen molar-refractivity contribution < 1.29 is 4.74 Å². The van der Waals surface area contributed by atoms with Gasteiger partial charge in [-0.1, -0.05) is 23.7 Å². The van der Waals surface area contributed by atoms with Crippen LogP contribution in [0.5, 0.6) is 0 Å². The highest BCUT2D eigenvalue weighted by atomic mass is 35.5. The van der Waals surface area contributed by atoms with Crippen LogP contribution in [0.15, 0.2) is 30.6 Å². The summed E-state index contributed by atoms with van der Waals surface area (Å²) in [7, 11) is 2.16. The predicted octanol–water partition coefficient (Wildman–Crippen LogP) is 3.33. The zero-order valence-electron chi connectivity index (χ0n) is 17.3. The zero-order chi connectivity index (χ0) is 20.5. The van der Waals surface area contributed by atoms with Gasteiger partial charge in [0.1, 0.15) is 12.2 Å². The number of hydrogen-bond donors (Lipinski definition) is 0. The van der Waals surface area contributed by atoms with E-state index in [0.29, 0.717) is 10.9 Å². The van der Waals surface area contributed by atoms with Crippen molar-refractivity contribution >= 4 is 28.6 Å². The van der Waals surface area contributed by atoms with Crippen molar-refractivity contribution in [1.82, 2.24) is 24.4 Å². The standard InChI is InChI=1S/C22H27ClN6O/c1-27-8-10-28(11-9-27)21-19-22(25-15-24-21)29(14-16-6-12-30-13-7-16)20(26-19)17-4-2-3-5-18(17)23/h2-5,15-16H,6-14H2,1H3. The molecule has 2 saturated heterocycles. The number of imidazole rings is 1. The van der Waals surface area contributed by atoms with Crippen molar-refractivity contribution in [3.63, 3.8) is 0 Å². The molecule has 158 valence electrons. The normalized spacial score (nSPS) is 18.9. The van der Waals surface area contributed by atoms with E-state index in [2.05, 4.69) is 31.4 Å². The molecular weight excluding hydrogens is 400 g/mol. The Morgan fingerprint density at radius 2 is 1.83 bits per heavy atom. The molecular formula is C22H27ClN6O. The van der Waals surface area contributed by atoms with Gasteiger partial charge >= 0.3 is 0 Å². The highest BCUT2D eigenvalue weighted by Gasteiger charge is 2.25. The lowest BCUT2D eigenvalue weighted by Gasteiger charge is -2.33. The molecule has 4 heterocycles. The molecule has 0 amide bonds. The first-order valence-electron chi connectivity index (χ1n) is 10.7. The highest BCUT2D eigenvalue weighted by molar-refractivity contribution is 6.33. The fraction of sp³-hybridized carbons (Fsp3) is 0.500. The average Bonchev–Trinajstić information content (AvgIpc) is 3.14. The minimum Gasteiger partial charge on any atom is -0.381 e. The summed E-state index contributed by atoms with van der Waals surface area (Å²) in [5, 5.41) is 0.704. The molecule has 0 saturated carbocycles. The van der Waals surface area contributed by atoms with Crippen LogP contribution in [-0.2, 0) is 11.3 Å². The van der Waals surface area contributed by atoms with Crippen molar-refractivity contribution in [3.8, 4) is 11.4 Å². The van der Waals surface area contributed by atoms with Gasteiger partial charge in [0.05, 0.1) is 5.02 Å². The fourth-order valence-electron chi connectivity index (χ4n) is 4.38. The number of aromatic nitrogens is 4. The molecule has 30 heavy (non-hydrogen) atoms. The number of piperazine rings is 1.